The van der Waals surface area contributed by atoms with Gasteiger partial charge in [0, 0.05) is 11.8 Å². The van der Waals surface area contributed by atoms with Gasteiger partial charge < -0.3 is 5.32 Å². The highest BCUT2D eigenvalue weighted by molar-refractivity contribution is 6.30. The molecule has 0 saturated heterocycles. The minimum Gasteiger partial charge on any atom is -0.347 e. The average Bonchev–Trinajstić information content (AvgIpc) is 2.21. The molecule has 70 valence electrons. The Morgan fingerprint density at radius 1 is 1.46 bits per heavy atom. The first-order valence-corrected chi connectivity index (χ1v) is 4.80. The zero-order valence-corrected chi connectivity index (χ0v) is 8.60. The molecule has 1 aromatic heterocycles. The molecule has 1 aliphatic rings. The highest BCUT2D eigenvalue weighted by atomic mass is 35.5. The number of aromatic nitrogens is 1. The predicted molar refractivity (Wildman–Crippen MR) is 57.1 cm³/mol. The van der Waals surface area contributed by atoms with E-state index in [9.17, 15) is 0 Å². The maximum atomic E-state index is 5.76. The third-order valence-electron chi connectivity index (χ3n) is 1.61. The molecule has 1 aromatic rings. The number of pyridine rings is 1. The van der Waals surface area contributed by atoms with Gasteiger partial charge in [-0.3, -0.25) is 0 Å². The fourth-order valence-corrected chi connectivity index (χ4v) is 1.27. The maximum Gasteiger partial charge on any atom is 0.133 e. The molecule has 1 N–H and O–H groups in total. The molecule has 0 amide bonds. The van der Waals surface area contributed by atoms with Gasteiger partial charge in [0.2, 0.25) is 0 Å². The molecule has 0 spiro atoms. The van der Waals surface area contributed by atoms with Crippen LogP contribution in [0.25, 0.3) is 0 Å². The SMILES string of the molecule is CC.Clc1cnc2c(c1)CC=CN2. The lowest BCUT2D eigenvalue weighted by Gasteiger charge is -2.10. The van der Waals surface area contributed by atoms with E-state index in [0.717, 1.165) is 17.8 Å². The molecule has 0 radical (unpaired) electrons. The van der Waals surface area contributed by atoms with Crippen molar-refractivity contribution in [3.05, 3.63) is 35.1 Å². The van der Waals surface area contributed by atoms with Gasteiger partial charge in [-0.2, -0.15) is 0 Å². The second-order valence-corrected chi connectivity index (χ2v) is 2.85. The van der Waals surface area contributed by atoms with Crippen LogP contribution in [-0.2, 0) is 6.42 Å². The lowest BCUT2D eigenvalue weighted by Crippen LogP contribution is -2.01. The number of hydrogen-bond acceptors (Lipinski definition) is 2. The maximum absolute atomic E-state index is 5.76. The minimum atomic E-state index is 0.695. The highest BCUT2D eigenvalue weighted by Crippen LogP contribution is 2.20. The molecular formula is C10H13ClN2. The predicted octanol–water partition coefficient (Wildman–Crippen LogP) is 3.24. The molecule has 0 atom stereocenters. The van der Waals surface area contributed by atoms with E-state index in [4.69, 9.17) is 11.6 Å². The van der Waals surface area contributed by atoms with Crippen molar-refractivity contribution in [1.29, 1.82) is 0 Å². The van der Waals surface area contributed by atoms with Crippen LogP contribution in [0, 0.1) is 0 Å². The second-order valence-electron chi connectivity index (χ2n) is 2.41. The summed E-state index contributed by atoms with van der Waals surface area (Å²) in [7, 11) is 0. The van der Waals surface area contributed by atoms with Crippen molar-refractivity contribution in [3.8, 4) is 0 Å². The van der Waals surface area contributed by atoms with Crippen molar-refractivity contribution >= 4 is 17.4 Å². The van der Waals surface area contributed by atoms with Gasteiger partial charge in [0.1, 0.15) is 5.82 Å². The number of nitrogens with one attached hydrogen (secondary N) is 1. The van der Waals surface area contributed by atoms with E-state index in [1.807, 2.05) is 32.2 Å². The molecule has 0 unspecified atom stereocenters. The number of halogens is 1. The van der Waals surface area contributed by atoms with E-state index >= 15 is 0 Å². The number of anilines is 1. The van der Waals surface area contributed by atoms with E-state index in [2.05, 4.69) is 10.3 Å². The van der Waals surface area contributed by atoms with Crippen molar-refractivity contribution in [2.24, 2.45) is 0 Å². The van der Waals surface area contributed by atoms with Crippen molar-refractivity contribution in [2.75, 3.05) is 5.32 Å². The first-order valence-electron chi connectivity index (χ1n) is 4.42. The van der Waals surface area contributed by atoms with Crippen LogP contribution in [0.3, 0.4) is 0 Å². The monoisotopic (exact) mass is 196 g/mol. The Morgan fingerprint density at radius 3 is 3.00 bits per heavy atom. The van der Waals surface area contributed by atoms with Crippen LogP contribution in [0.4, 0.5) is 5.82 Å². The molecule has 1 aliphatic heterocycles. The van der Waals surface area contributed by atoms with E-state index in [-0.39, 0.29) is 0 Å². The summed E-state index contributed by atoms with van der Waals surface area (Å²) in [5, 5.41) is 3.73. The Hall–Kier alpha value is -1.02. The number of hydrogen-bond donors (Lipinski definition) is 1. The summed E-state index contributed by atoms with van der Waals surface area (Å²) < 4.78 is 0. The number of nitrogens with zero attached hydrogens (tertiary/aromatic N) is 1. The Bertz CT molecular complexity index is 308. The number of allylic oxidation sites excluding steroid dienone is 1. The van der Waals surface area contributed by atoms with E-state index in [1.165, 1.54) is 0 Å². The van der Waals surface area contributed by atoms with Crippen LogP contribution in [0.2, 0.25) is 5.02 Å². The summed E-state index contributed by atoms with van der Waals surface area (Å²) in [5.41, 5.74) is 1.15. The molecule has 3 heteroatoms. The molecular weight excluding hydrogens is 184 g/mol. The second kappa shape index (κ2) is 4.87. The summed E-state index contributed by atoms with van der Waals surface area (Å²) in [6.45, 7) is 4.00. The fraction of sp³-hybridized carbons (Fsp3) is 0.300. The average molecular weight is 197 g/mol. The first kappa shape index (κ1) is 10.1. The first-order chi connectivity index (χ1) is 6.36. The Balaban J connectivity index is 0.000000396. The highest BCUT2D eigenvalue weighted by Gasteiger charge is 2.04. The van der Waals surface area contributed by atoms with Crippen LogP contribution in [0.15, 0.2) is 24.5 Å². The smallest absolute Gasteiger partial charge is 0.133 e. The van der Waals surface area contributed by atoms with Gasteiger partial charge in [-0.15, -0.1) is 0 Å². The van der Waals surface area contributed by atoms with Crippen LogP contribution in [0.5, 0.6) is 0 Å². The van der Waals surface area contributed by atoms with Crippen LogP contribution >= 0.6 is 11.6 Å². The van der Waals surface area contributed by atoms with Crippen LogP contribution in [-0.4, -0.2) is 4.98 Å². The van der Waals surface area contributed by atoms with Gasteiger partial charge in [0.05, 0.1) is 5.02 Å². The molecule has 0 bridgehead atoms. The molecule has 0 saturated carbocycles. The molecule has 0 aromatic carbocycles. The Kier molecular flexibility index (Phi) is 3.77. The van der Waals surface area contributed by atoms with Gasteiger partial charge in [-0.25, -0.2) is 4.98 Å². The van der Waals surface area contributed by atoms with Crippen LogP contribution < -0.4 is 5.32 Å². The van der Waals surface area contributed by atoms with E-state index in [1.54, 1.807) is 6.20 Å². The fourth-order valence-electron chi connectivity index (χ4n) is 1.09. The largest absolute Gasteiger partial charge is 0.347 e. The van der Waals surface area contributed by atoms with Crippen molar-refractivity contribution < 1.29 is 0 Å². The summed E-state index contributed by atoms with van der Waals surface area (Å²) in [6, 6.07) is 1.93. The molecule has 2 rings (SSSR count). The Morgan fingerprint density at radius 2 is 2.23 bits per heavy atom. The normalized spacial score (nSPS) is 12.2. The lowest BCUT2D eigenvalue weighted by molar-refractivity contribution is 1.15. The minimum absolute atomic E-state index is 0.695. The molecule has 13 heavy (non-hydrogen) atoms. The Labute approximate surface area is 83.6 Å². The zero-order chi connectivity index (χ0) is 9.68. The van der Waals surface area contributed by atoms with Crippen LogP contribution in [0.1, 0.15) is 19.4 Å². The number of rotatable bonds is 0. The van der Waals surface area contributed by atoms with E-state index in [0.29, 0.717) is 5.02 Å². The standard InChI is InChI=1S/C8H7ClN2.C2H6/c9-7-4-6-2-1-3-10-8(6)11-5-7;1-2/h1,3-5H,2H2,(H,10,11);1-2H3. The molecule has 0 fully saturated rings. The lowest BCUT2D eigenvalue weighted by atomic mass is 10.1. The van der Waals surface area contributed by atoms with Gasteiger partial charge in [0.15, 0.2) is 0 Å². The summed E-state index contributed by atoms with van der Waals surface area (Å²) in [6.07, 6.45) is 6.49. The third kappa shape index (κ3) is 2.46. The van der Waals surface area contributed by atoms with Gasteiger partial charge >= 0.3 is 0 Å². The van der Waals surface area contributed by atoms with Gasteiger partial charge in [-0.05, 0) is 18.7 Å². The van der Waals surface area contributed by atoms with Crippen molar-refractivity contribution in [1.82, 2.24) is 4.98 Å². The summed E-state index contributed by atoms with van der Waals surface area (Å²) in [4.78, 5) is 4.12. The van der Waals surface area contributed by atoms with Gasteiger partial charge in [0.25, 0.3) is 0 Å². The molecule has 0 aliphatic carbocycles. The molecule has 2 nitrogen and oxygen atoms in total. The van der Waals surface area contributed by atoms with Gasteiger partial charge in [-0.1, -0.05) is 31.5 Å². The van der Waals surface area contributed by atoms with Crippen molar-refractivity contribution in [2.45, 2.75) is 20.3 Å². The van der Waals surface area contributed by atoms with E-state index < -0.39 is 0 Å². The number of fused-ring (bicyclic) bond motifs is 1. The summed E-state index contributed by atoms with van der Waals surface area (Å²) in [5.74, 6) is 0.914. The summed E-state index contributed by atoms with van der Waals surface area (Å²) >= 11 is 5.76. The quantitative estimate of drug-likeness (QED) is 0.689. The third-order valence-corrected chi connectivity index (χ3v) is 1.82. The topological polar surface area (TPSA) is 24.9 Å². The molecule has 2 heterocycles. The zero-order valence-electron chi connectivity index (χ0n) is 7.84. The van der Waals surface area contributed by atoms with Crippen molar-refractivity contribution in [3.63, 3.8) is 0 Å².